The third-order valence-corrected chi connectivity index (χ3v) is 2.57. The van der Waals surface area contributed by atoms with Crippen molar-refractivity contribution in [2.75, 3.05) is 13.7 Å². The molecule has 0 amide bonds. The number of hydrogen-bond acceptors (Lipinski definition) is 4. The number of aromatic hydroxyl groups is 1. The molecule has 1 aromatic heterocycles. The van der Waals surface area contributed by atoms with Gasteiger partial charge in [0.1, 0.15) is 5.75 Å². The van der Waals surface area contributed by atoms with Gasteiger partial charge >= 0.3 is 0 Å². The van der Waals surface area contributed by atoms with E-state index in [0.29, 0.717) is 12.4 Å². The van der Waals surface area contributed by atoms with Gasteiger partial charge in [0.05, 0.1) is 6.61 Å². The van der Waals surface area contributed by atoms with Crippen LogP contribution in [0.25, 0.3) is 0 Å². The molecule has 0 aliphatic carbocycles. The van der Waals surface area contributed by atoms with Crippen LogP contribution in [-0.2, 0) is 4.74 Å². The Bertz CT molecular complexity index is 239. The first kappa shape index (κ1) is 13.4. The van der Waals surface area contributed by atoms with Crippen molar-refractivity contribution < 1.29 is 9.84 Å². The van der Waals surface area contributed by atoms with Crippen LogP contribution in [0.3, 0.4) is 0 Å². The Morgan fingerprint density at radius 3 is 2.21 bits per heavy atom. The van der Waals surface area contributed by atoms with Crippen LogP contribution in [0.5, 0.6) is 5.75 Å². The number of rotatable bonds is 2. The first-order valence-corrected chi connectivity index (χ1v) is 5.35. The zero-order chi connectivity index (χ0) is 11.1. The van der Waals surface area contributed by atoms with Crippen molar-refractivity contribution in [3.8, 4) is 5.75 Å². The molecule has 14 heavy (non-hydrogen) atoms. The fraction of sp³-hybridized carbons (Fsp3) is 0.600. The van der Waals surface area contributed by atoms with Gasteiger partial charge in [-0.25, -0.2) is 0 Å². The largest absolute Gasteiger partial charge is 0.507 e. The first-order chi connectivity index (χ1) is 6.49. The molecular weight excluding hydrogens is 198 g/mol. The Labute approximate surface area is 89.5 Å². The fourth-order valence-corrected chi connectivity index (χ4v) is 1.57. The zero-order valence-corrected chi connectivity index (χ0v) is 10.0. The maximum atomic E-state index is 9.06. The summed E-state index contributed by atoms with van der Waals surface area (Å²) in [4.78, 5) is 1.00. The number of nitrogens with two attached hydrogens (primary N) is 1. The van der Waals surface area contributed by atoms with E-state index in [1.807, 2.05) is 26.2 Å². The molecule has 0 saturated carbocycles. The summed E-state index contributed by atoms with van der Waals surface area (Å²) < 4.78 is 4.68. The predicted molar refractivity (Wildman–Crippen MR) is 61.0 cm³/mol. The third-order valence-electron chi connectivity index (χ3n) is 1.55. The second-order valence-corrected chi connectivity index (χ2v) is 4.34. The number of aryl methyl sites for hydroxylation is 2. The van der Waals surface area contributed by atoms with E-state index in [2.05, 4.69) is 4.74 Å². The van der Waals surface area contributed by atoms with Crippen molar-refractivity contribution in [2.24, 2.45) is 5.73 Å². The van der Waals surface area contributed by atoms with E-state index in [-0.39, 0.29) is 6.04 Å². The van der Waals surface area contributed by atoms with E-state index in [1.54, 1.807) is 18.4 Å². The molecule has 4 heteroatoms. The van der Waals surface area contributed by atoms with Crippen LogP contribution in [0.15, 0.2) is 5.38 Å². The molecule has 3 nitrogen and oxygen atoms in total. The van der Waals surface area contributed by atoms with E-state index in [0.717, 1.165) is 10.4 Å². The lowest BCUT2D eigenvalue weighted by Gasteiger charge is -1.98. The summed E-state index contributed by atoms with van der Waals surface area (Å²) in [5, 5.41) is 11.0. The molecule has 1 aromatic rings. The van der Waals surface area contributed by atoms with Crippen molar-refractivity contribution in [2.45, 2.75) is 26.8 Å². The average molecular weight is 217 g/mol. The summed E-state index contributed by atoms with van der Waals surface area (Å²) >= 11 is 1.58. The Morgan fingerprint density at radius 2 is 2.14 bits per heavy atom. The van der Waals surface area contributed by atoms with Crippen LogP contribution in [0.2, 0.25) is 0 Å². The van der Waals surface area contributed by atoms with Crippen LogP contribution in [-0.4, -0.2) is 24.9 Å². The van der Waals surface area contributed by atoms with Gasteiger partial charge in [-0.2, -0.15) is 0 Å². The second kappa shape index (κ2) is 6.81. The quantitative estimate of drug-likeness (QED) is 0.797. The lowest BCUT2D eigenvalue weighted by atomic mass is 10.3. The summed E-state index contributed by atoms with van der Waals surface area (Å²) in [6.45, 7) is 6.37. The maximum Gasteiger partial charge on any atom is 0.132 e. The molecule has 1 heterocycles. The molecule has 0 spiro atoms. The molecular formula is C10H19NO2S. The number of ether oxygens (including phenoxy) is 1. The van der Waals surface area contributed by atoms with Crippen molar-refractivity contribution in [1.82, 2.24) is 0 Å². The SMILES string of the molecule is COCC(C)N.Cc1csc(C)c1O. The predicted octanol–water partition coefficient (Wildman–Crippen LogP) is 2.05. The Balaban J connectivity index is 0.000000255. The highest BCUT2D eigenvalue weighted by Gasteiger charge is 1.98. The molecule has 1 unspecified atom stereocenters. The Morgan fingerprint density at radius 1 is 1.57 bits per heavy atom. The molecule has 0 saturated heterocycles. The van der Waals surface area contributed by atoms with Gasteiger partial charge in [0.25, 0.3) is 0 Å². The summed E-state index contributed by atoms with van der Waals surface area (Å²) in [7, 11) is 1.64. The minimum Gasteiger partial charge on any atom is -0.507 e. The van der Waals surface area contributed by atoms with Crippen LogP contribution < -0.4 is 5.73 Å². The summed E-state index contributed by atoms with van der Waals surface area (Å²) in [6, 6.07) is 0.176. The molecule has 1 atom stereocenters. The van der Waals surface area contributed by atoms with Gasteiger partial charge in [-0.15, -0.1) is 11.3 Å². The molecule has 0 aliphatic heterocycles. The van der Waals surface area contributed by atoms with E-state index < -0.39 is 0 Å². The van der Waals surface area contributed by atoms with E-state index in [4.69, 9.17) is 10.8 Å². The summed E-state index contributed by atoms with van der Waals surface area (Å²) in [5.74, 6) is 0.454. The Kier molecular flexibility index (Phi) is 6.53. The number of thiophene rings is 1. The Hall–Kier alpha value is -0.580. The zero-order valence-electron chi connectivity index (χ0n) is 9.20. The molecule has 0 radical (unpaired) electrons. The molecule has 82 valence electrons. The first-order valence-electron chi connectivity index (χ1n) is 4.47. The van der Waals surface area contributed by atoms with Gasteiger partial charge in [0.2, 0.25) is 0 Å². The van der Waals surface area contributed by atoms with E-state index >= 15 is 0 Å². The minimum absolute atomic E-state index is 0.176. The highest BCUT2D eigenvalue weighted by Crippen LogP contribution is 2.26. The van der Waals surface area contributed by atoms with Gasteiger partial charge in [0.15, 0.2) is 0 Å². The standard InChI is InChI=1S/C6H8OS.C4H11NO/c1-4-3-8-5(2)6(4)7;1-4(5)3-6-2/h3,7H,1-2H3;4H,3,5H2,1-2H3. The van der Waals surface area contributed by atoms with Crippen LogP contribution in [0.1, 0.15) is 17.4 Å². The molecule has 3 N–H and O–H groups in total. The van der Waals surface area contributed by atoms with Crippen LogP contribution in [0.4, 0.5) is 0 Å². The second-order valence-electron chi connectivity index (χ2n) is 3.26. The summed E-state index contributed by atoms with van der Waals surface area (Å²) in [5.41, 5.74) is 6.26. The highest BCUT2D eigenvalue weighted by molar-refractivity contribution is 7.10. The van der Waals surface area contributed by atoms with Crippen molar-refractivity contribution in [3.63, 3.8) is 0 Å². The van der Waals surface area contributed by atoms with Gasteiger partial charge in [-0.05, 0) is 26.2 Å². The molecule has 0 bridgehead atoms. The highest BCUT2D eigenvalue weighted by atomic mass is 32.1. The molecule has 0 aliphatic rings. The maximum absolute atomic E-state index is 9.06. The van der Waals surface area contributed by atoms with Crippen molar-refractivity contribution in [1.29, 1.82) is 0 Å². The molecule has 1 rings (SSSR count). The number of hydrogen-bond donors (Lipinski definition) is 2. The van der Waals surface area contributed by atoms with Crippen LogP contribution >= 0.6 is 11.3 Å². The summed E-state index contributed by atoms with van der Waals surface area (Å²) in [6.07, 6.45) is 0. The van der Waals surface area contributed by atoms with Crippen molar-refractivity contribution >= 4 is 11.3 Å². The average Bonchev–Trinajstić information content (AvgIpc) is 2.37. The molecule has 0 aromatic carbocycles. The fourth-order valence-electron chi connectivity index (χ4n) is 0.829. The van der Waals surface area contributed by atoms with Gasteiger partial charge in [-0.3, -0.25) is 0 Å². The lowest BCUT2D eigenvalue weighted by Crippen LogP contribution is -2.20. The van der Waals surface area contributed by atoms with E-state index in [9.17, 15) is 0 Å². The number of methoxy groups -OCH3 is 1. The smallest absolute Gasteiger partial charge is 0.132 e. The van der Waals surface area contributed by atoms with Gasteiger partial charge < -0.3 is 15.6 Å². The van der Waals surface area contributed by atoms with E-state index in [1.165, 1.54) is 0 Å². The van der Waals surface area contributed by atoms with Gasteiger partial charge in [0, 0.05) is 23.6 Å². The minimum atomic E-state index is 0.176. The topological polar surface area (TPSA) is 55.5 Å². The third kappa shape index (κ3) is 5.21. The lowest BCUT2D eigenvalue weighted by molar-refractivity contribution is 0.185. The normalized spacial score (nSPS) is 11.8. The molecule has 0 fully saturated rings. The monoisotopic (exact) mass is 217 g/mol. The van der Waals surface area contributed by atoms with Gasteiger partial charge in [-0.1, -0.05) is 0 Å². The van der Waals surface area contributed by atoms with Crippen LogP contribution in [0, 0.1) is 13.8 Å². The van der Waals surface area contributed by atoms with Crippen molar-refractivity contribution in [3.05, 3.63) is 15.8 Å².